The van der Waals surface area contributed by atoms with Crippen LogP contribution in [0.1, 0.15) is 33.5 Å². The second-order valence-electron chi connectivity index (χ2n) is 6.07. The number of fused-ring (bicyclic) bond motifs is 1. The van der Waals surface area contributed by atoms with Crippen molar-refractivity contribution in [1.29, 1.82) is 0 Å². The van der Waals surface area contributed by atoms with Crippen molar-refractivity contribution < 1.29 is 4.79 Å². The maximum Gasteiger partial charge on any atom is 0.216 e. The highest BCUT2D eigenvalue weighted by Gasteiger charge is 2.22. The van der Waals surface area contributed by atoms with Gasteiger partial charge in [0.25, 0.3) is 0 Å². The van der Waals surface area contributed by atoms with Gasteiger partial charge in [-0.2, -0.15) is 0 Å². The Balaban J connectivity index is 2.45. The van der Waals surface area contributed by atoms with Crippen molar-refractivity contribution in [2.75, 3.05) is 12.3 Å². The van der Waals surface area contributed by atoms with Gasteiger partial charge in [0.05, 0.1) is 11.0 Å². The molecule has 0 radical (unpaired) electrons. The van der Waals surface area contributed by atoms with E-state index in [0.717, 1.165) is 16.9 Å². The molecule has 0 unspecified atom stereocenters. The lowest BCUT2D eigenvalue weighted by atomic mass is 9.95. The van der Waals surface area contributed by atoms with Gasteiger partial charge in [-0.25, -0.2) is 4.98 Å². The minimum atomic E-state index is -0.0655. The highest BCUT2D eigenvalue weighted by Crippen LogP contribution is 2.27. The number of anilines is 1. The second kappa shape index (κ2) is 5.15. The number of aromatic nitrogens is 2. The quantitative estimate of drug-likeness (QED) is 0.841. The number of hydrogen-bond donors (Lipinski definition) is 2. The molecule has 1 heterocycles. The molecule has 0 bridgehead atoms. The number of benzene rings is 1. The van der Waals surface area contributed by atoms with Crippen LogP contribution in [-0.4, -0.2) is 22.0 Å². The summed E-state index contributed by atoms with van der Waals surface area (Å²) in [6.45, 7) is 9.21. The SMILES string of the molecule is CC(=O)NCCn1c(C(C)(C)C)nc2cc(N)ccc21. The Labute approximate surface area is 119 Å². The molecule has 0 aliphatic rings. The Kier molecular flexibility index (Phi) is 3.70. The fourth-order valence-corrected chi connectivity index (χ4v) is 2.29. The topological polar surface area (TPSA) is 72.9 Å². The van der Waals surface area contributed by atoms with E-state index in [2.05, 4.69) is 30.7 Å². The summed E-state index contributed by atoms with van der Waals surface area (Å²) in [7, 11) is 0. The minimum absolute atomic E-state index is 0.0176. The summed E-state index contributed by atoms with van der Waals surface area (Å²) >= 11 is 0. The van der Waals surface area contributed by atoms with E-state index in [1.165, 1.54) is 6.92 Å². The largest absolute Gasteiger partial charge is 0.399 e. The normalized spacial score (nSPS) is 11.8. The van der Waals surface area contributed by atoms with E-state index in [-0.39, 0.29) is 11.3 Å². The zero-order valence-electron chi connectivity index (χ0n) is 12.5. The molecule has 2 rings (SSSR count). The lowest BCUT2D eigenvalue weighted by molar-refractivity contribution is -0.118. The maximum atomic E-state index is 11.0. The number of hydrogen-bond acceptors (Lipinski definition) is 3. The Morgan fingerprint density at radius 3 is 2.70 bits per heavy atom. The molecule has 0 atom stereocenters. The van der Waals surface area contributed by atoms with Crippen molar-refractivity contribution >= 4 is 22.6 Å². The van der Waals surface area contributed by atoms with Gasteiger partial charge in [-0.15, -0.1) is 0 Å². The molecule has 108 valence electrons. The maximum absolute atomic E-state index is 11.0. The smallest absolute Gasteiger partial charge is 0.216 e. The average Bonchev–Trinajstić information content (AvgIpc) is 2.66. The van der Waals surface area contributed by atoms with E-state index in [9.17, 15) is 4.79 Å². The zero-order chi connectivity index (χ0) is 14.9. The number of carbonyl (C=O) groups is 1. The average molecular weight is 274 g/mol. The van der Waals surface area contributed by atoms with Gasteiger partial charge in [-0.05, 0) is 18.2 Å². The number of imidazole rings is 1. The van der Waals surface area contributed by atoms with E-state index in [1.807, 2.05) is 18.2 Å². The van der Waals surface area contributed by atoms with Gasteiger partial charge in [0.1, 0.15) is 5.82 Å². The van der Waals surface area contributed by atoms with E-state index < -0.39 is 0 Å². The summed E-state index contributed by atoms with van der Waals surface area (Å²) in [6.07, 6.45) is 0. The number of nitrogen functional groups attached to an aromatic ring is 1. The van der Waals surface area contributed by atoms with Crippen molar-refractivity contribution in [3.05, 3.63) is 24.0 Å². The third-order valence-electron chi connectivity index (χ3n) is 3.15. The molecule has 20 heavy (non-hydrogen) atoms. The Morgan fingerprint density at radius 2 is 2.10 bits per heavy atom. The number of nitrogens with zero attached hydrogens (tertiary/aromatic N) is 2. The number of nitrogens with two attached hydrogens (primary N) is 1. The van der Waals surface area contributed by atoms with E-state index in [0.29, 0.717) is 18.8 Å². The van der Waals surface area contributed by atoms with Crippen molar-refractivity contribution in [2.24, 2.45) is 0 Å². The summed E-state index contributed by atoms with van der Waals surface area (Å²) < 4.78 is 2.16. The lowest BCUT2D eigenvalue weighted by Gasteiger charge is -2.20. The zero-order valence-corrected chi connectivity index (χ0v) is 12.5. The van der Waals surface area contributed by atoms with Crippen LogP contribution in [0.25, 0.3) is 11.0 Å². The van der Waals surface area contributed by atoms with Gasteiger partial charge >= 0.3 is 0 Å². The molecule has 0 aliphatic carbocycles. The standard InChI is InChI=1S/C15H22N4O/c1-10(20)17-7-8-19-13-6-5-11(16)9-12(13)18-14(19)15(2,3)4/h5-6,9H,7-8,16H2,1-4H3,(H,17,20). The summed E-state index contributed by atoms with van der Waals surface area (Å²) in [4.78, 5) is 15.7. The van der Waals surface area contributed by atoms with Crippen LogP contribution in [0.2, 0.25) is 0 Å². The van der Waals surface area contributed by atoms with Gasteiger partial charge in [0, 0.05) is 31.1 Å². The van der Waals surface area contributed by atoms with Gasteiger partial charge in [0.15, 0.2) is 0 Å². The van der Waals surface area contributed by atoms with Crippen molar-refractivity contribution in [2.45, 2.75) is 39.7 Å². The molecule has 0 spiro atoms. The molecule has 5 nitrogen and oxygen atoms in total. The summed E-state index contributed by atoms with van der Waals surface area (Å²) in [5.41, 5.74) is 8.42. The monoisotopic (exact) mass is 274 g/mol. The molecule has 1 aromatic carbocycles. The van der Waals surface area contributed by atoms with E-state index >= 15 is 0 Å². The Hall–Kier alpha value is -2.04. The minimum Gasteiger partial charge on any atom is -0.399 e. The summed E-state index contributed by atoms with van der Waals surface area (Å²) in [6, 6.07) is 5.76. The van der Waals surface area contributed by atoms with Crippen LogP contribution in [-0.2, 0) is 16.8 Å². The summed E-state index contributed by atoms with van der Waals surface area (Å²) in [5, 5.41) is 2.83. The van der Waals surface area contributed by atoms with Crippen LogP contribution in [0.15, 0.2) is 18.2 Å². The van der Waals surface area contributed by atoms with Crippen LogP contribution in [0.4, 0.5) is 5.69 Å². The van der Waals surface area contributed by atoms with Gasteiger partial charge in [-0.3, -0.25) is 4.79 Å². The van der Waals surface area contributed by atoms with Crippen LogP contribution >= 0.6 is 0 Å². The molecular formula is C15H22N4O. The number of carbonyl (C=O) groups excluding carboxylic acids is 1. The predicted molar refractivity (Wildman–Crippen MR) is 81.5 cm³/mol. The molecule has 0 saturated heterocycles. The van der Waals surface area contributed by atoms with Gasteiger partial charge < -0.3 is 15.6 Å². The fraction of sp³-hybridized carbons (Fsp3) is 0.467. The van der Waals surface area contributed by atoms with E-state index in [1.54, 1.807) is 0 Å². The van der Waals surface area contributed by atoms with E-state index in [4.69, 9.17) is 10.7 Å². The number of nitrogens with one attached hydrogen (secondary N) is 1. The molecule has 3 N–H and O–H groups in total. The first kappa shape index (κ1) is 14.4. The molecule has 1 amide bonds. The fourth-order valence-electron chi connectivity index (χ4n) is 2.29. The molecule has 2 aromatic rings. The molecule has 1 aromatic heterocycles. The molecule has 0 aliphatic heterocycles. The van der Waals surface area contributed by atoms with Crippen LogP contribution in [0, 0.1) is 0 Å². The molecular weight excluding hydrogens is 252 g/mol. The first-order chi connectivity index (χ1) is 9.29. The molecule has 5 heteroatoms. The lowest BCUT2D eigenvalue weighted by Crippen LogP contribution is -2.27. The van der Waals surface area contributed by atoms with Gasteiger partial charge in [-0.1, -0.05) is 20.8 Å². The highest BCUT2D eigenvalue weighted by atomic mass is 16.1. The summed E-state index contributed by atoms with van der Waals surface area (Å²) in [5.74, 6) is 0.986. The van der Waals surface area contributed by atoms with Crippen LogP contribution in [0.3, 0.4) is 0 Å². The van der Waals surface area contributed by atoms with Crippen LogP contribution < -0.4 is 11.1 Å². The third kappa shape index (κ3) is 2.92. The first-order valence-electron chi connectivity index (χ1n) is 6.80. The van der Waals surface area contributed by atoms with Crippen molar-refractivity contribution in [3.8, 4) is 0 Å². The Bertz CT molecular complexity index is 637. The molecule has 0 fully saturated rings. The van der Waals surface area contributed by atoms with Crippen LogP contribution in [0.5, 0.6) is 0 Å². The number of rotatable bonds is 3. The first-order valence-corrected chi connectivity index (χ1v) is 6.80. The van der Waals surface area contributed by atoms with Gasteiger partial charge in [0.2, 0.25) is 5.91 Å². The van der Waals surface area contributed by atoms with Crippen molar-refractivity contribution in [3.63, 3.8) is 0 Å². The second-order valence-corrected chi connectivity index (χ2v) is 6.07. The third-order valence-corrected chi connectivity index (χ3v) is 3.15. The predicted octanol–water partition coefficient (Wildman–Crippen LogP) is 2.05. The molecule has 0 saturated carbocycles. The highest BCUT2D eigenvalue weighted by molar-refractivity contribution is 5.80. The number of amides is 1. The Morgan fingerprint density at radius 1 is 1.40 bits per heavy atom. The van der Waals surface area contributed by atoms with Crippen molar-refractivity contribution in [1.82, 2.24) is 14.9 Å².